The molecule has 25 heavy (non-hydrogen) atoms. The Balaban J connectivity index is 2.14. The van der Waals surface area contributed by atoms with E-state index in [4.69, 9.17) is 10.4 Å². The van der Waals surface area contributed by atoms with Crippen molar-refractivity contribution in [1.82, 2.24) is 15.5 Å². The van der Waals surface area contributed by atoms with Gasteiger partial charge in [0.25, 0.3) is 5.91 Å². The van der Waals surface area contributed by atoms with Crippen molar-refractivity contribution in [2.24, 2.45) is 0 Å². The molecule has 8 nitrogen and oxygen atoms in total. The van der Waals surface area contributed by atoms with E-state index in [1.165, 1.54) is 6.20 Å². The van der Waals surface area contributed by atoms with Crippen molar-refractivity contribution in [2.75, 3.05) is 26.2 Å². The fourth-order valence-corrected chi connectivity index (χ4v) is 2.51. The highest BCUT2D eigenvalue weighted by Crippen LogP contribution is 2.09. The Labute approximate surface area is 147 Å². The molecule has 0 bridgehead atoms. The van der Waals surface area contributed by atoms with Gasteiger partial charge in [0.05, 0.1) is 0 Å². The third-order valence-corrected chi connectivity index (χ3v) is 3.88. The second-order valence-electron chi connectivity index (χ2n) is 5.92. The Kier molecular flexibility index (Phi) is 9.75. The van der Waals surface area contributed by atoms with Gasteiger partial charge in [0, 0.05) is 45.2 Å². The lowest BCUT2D eigenvalue weighted by atomic mass is 10.2. The van der Waals surface area contributed by atoms with E-state index in [1.54, 1.807) is 0 Å². The first kappa shape index (κ1) is 20.5. The zero-order valence-electron chi connectivity index (χ0n) is 14.4. The molecule has 2 amide bonds. The van der Waals surface area contributed by atoms with Gasteiger partial charge in [-0.05, 0) is 25.7 Å². The Bertz CT molecular complexity index is 539. The summed E-state index contributed by atoms with van der Waals surface area (Å²) in [5.41, 5.74) is 0.00258. The number of nitrogens with one attached hydrogen (secondary N) is 2. The zero-order valence-corrected chi connectivity index (χ0v) is 14.4. The van der Waals surface area contributed by atoms with Crippen LogP contribution in [0.5, 0.6) is 0 Å². The second-order valence-corrected chi connectivity index (χ2v) is 5.92. The van der Waals surface area contributed by atoms with E-state index in [0.29, 0.717) is 45.3 Å². The van der Waals surface area contributed by atoms with Crippen LogP contribution < -0.4 is 10.6 Å². The summed E-state index contributed by atoms with van der Waals surface area (Å²) in [7, 11) is 0. The summed E-state index contributed by atoms with van der Waals surface area (Å²) in [6.45, 7) is 2.49. The molecule has 0 aliphatic carbocycles. The van der Waals surface area contributed by atoms with Crippen molar-refractivity contribution < 1.29 is 19.5 Å². The van der Waals surface area contributed by atoms with Gasteiger partial charge in [-0.3, -0.25) is 14.4 Å². The Morgan fingerprint density at radius 2 is 2.04 bits per heavy atom. The lowest BCUT2D eigenvalue weighted by molar-refractivity contribution is -0.137. The molecule has 0 spiro atoms. The van der Waals surface area contributed by atoms with Crippen LogP contribution in [-0.4, -0.2) is 54.0 Å². The number of amides is 2. The highest BCUT2D eigenvalue weighted by atomic mass is 16.4. The number of nitriles is 1. The van der Waals surface area contributed by atoms with E-state index in [9.17, 15) is 14.4 Å². The zero-order chi connectivity index (χ0) is 18.5. The normalized spacial score (nSPS) is 14.3. The first-order chi connectivity index (χ1) is 12.0. The highest BCUT2D eigenvalue weighted by molar-refractivity contribution is 5.97. The number of nitrogens with zero attached hydrogens (tertiary/aromatic N) is 2. The Morgan fingerprint density at radius 3 is 2.68 bits per heavy atom. The monoisotopic (exact) mass is 350 g/mol. The number of unbranched alkanes of at least 4 members (excludes halogenated alkanes) is 2. The van der Waals surface area contributed by atoms with Gasteiger partial charge in [-0.2, -0.15) is 5.26 Å². The van der Waals surface area contributed by atoms with Gasteiger partial charge < -0.3 is 20.6 Å². The average molecular weight is 350 g/mol. The van der Waals surface area contributed by atoms with Crippen molar-refractivity contribution in [2.45, 2.75) is 44.9 Å². The Morgan fingerprint density at radius 1 is 1.24 bits per heavy atom. The molecule has 3 N–H and O–H groups in total. The SMILES string of the molecule is N#C/C(=C/NCCCN1CCCC1=O)C(=O)NCCCCCC(=O)O. The molecule has 1 fully saturated rings. The van der Waals surface area contributed by atoms with Crippen LogP contribution in [0.15, 0.2) is 11.8 Å². The smallest absolute Gasteiger partial charge is 0.303 e. The van der Waals surface area contributed by atoms with Crippen LogP contribution in [-0.2, 0) is 14.4 Å². The van der Waals surface area contributed by atoms with Gasteiger partial charge >= 0.3 is 5.97 Å². The minimum absolute atomic E-state index is 0.00258. The van der Waals surface area contributed by atoms with E-state index in [0.717, 1.165) is 19.4 Å². The predicted molar refractivity (Wildman–Crippen MR) is 91.2 cm³/mol. The van der Waals surface area contributed by atoms with Crippen LogP contribution in [0.3, 0.4) is 0 Å². The van der Waals surface area contributed by atoms with Gasteiger partial charge in [0.2, 0.25) is 5.91 Å². The molecule has 138 valence electrons. The average Bonchev–Trinajstić information content (AvgIpc) is 2.98. The van der Waals surface area contributed by atoms with E-state index >= 15 is 0 Å². The molecule has 0 saturated carbocycles. The first-order valence-corrected chi connectivity index (χ1v) is 8.66. The van der Waals surface area contributed by atoms with Crippen molar-refractivity contribution in [3.05, 3.63) is 11.8 Å². The van der Waals surface area contributed by atoms with Crippen LogP contribution in [0.4, 0.5) is 0 Å². The standard InChI is InChI=1S/C17H26N4O4/c18-12-14(17(25)20-9-3-1-2-7-16(23)24)13-19-8-5-11-21-10-4-6-15(21)22/h13,19H,1-11H2,(H,20,25)(H,23,24)/b14-13-. The van der Waals surface area contributed by atoms with Crippen molar-refractivity contribution in [1.29, 1.82) is 5.26 Å². The lowest BCUT2D eigenvalue weighted by Crippen LogP contribution is -2.28. The van der Waals surface area contributed by atoms with Gasteiger partial charge in [-0.25, -0.2) is 0 Å². The predicted octanol–water partition coefficient (Wildman–Crippen LogP) is 0.757. The number of aliphatic carboxylic acids is 1. The molecular weight excluding hydrogens is 324 g/mol. The van der Waals surface area contributed by atoms with E-state index in [1.807, 2.05) is 11.0 Å². The molecule has 0 unspecified atom stereocenters. The molecule has 1 saturated heterocycles. The van der Waals surface area contributed by atoms with E-state index < -0.39 is 11.9 Å². The summed E-state index contributed by atoms with van der Waals surface area (Å²) in [4.78, 5) is 35.5. The maximum atomic E-state index is 11.8. The number of hydrogen-bond donors (Lipinski definition) is 3. The van der Waals surface area contributed by atoms with Crippen molar-refractivity contribution >= 4 is 17.8 Å². The molecule has 1 rings (SSSR count). The number of carbonyl (C=O) groups excluding carboxylic acids is 2. The molecule has 0 atom stereocenters. The minimum atomic E-state index is -0.820. The fraction of sp³-hybridized carbons (Fsp3) is 0.647. The maximum absolute atomic E-state index is 11.8. The number of likely N-dealkylation sites (tertiary alicyclic amines) is 1. The summed E-state index contributed by atoms with van der Waals surface area (Å²) in [5.74, 6) is -1.07. The summed E-state index contributed by atoms with van der Waals surface area (Å²) < 4.78 is 0. The molecule has 0 aromatic rings. The maximum Gasteiger partial charge on any atom is 0.303 e. The summed E-state index contributed by atoms with van der Waals surface area (Å²) in [5, 5.41) is 23.1. The molecule has 1 aliphatic heterocycles. The number of carboxylic acids is 1. The van der Waals surface area contributed by atoms with Gasteiger partial charge in [0.1, 0.15) is 11.6 Å². The van der Waals surface area contributed by atoms with Crippen LogP contribution in [0.25, 0.3) is 0 Å². The molecule has 1 heterocycles. The number of hydrogen-bond acceptors (Lipinski definition) is 5. The first-order valence-electron chi connectivity index (χ1n) is 8.66. The van der Waals surface area contributed by atoms with Crippen molar-refractivity contribution in [3.63, 3.8) is 0 Å². The van der Waals surface area contributed by atoms with Crippen LogP contribution in [0, 0.1) is 11.3 Å². The second kappa shape index (κ2) is 11.9. The summed E-state index contributed by atoms with van der Waals surface area (Å²) in [6.07, 6.45) is 5.79. The van der Waals surface area contributed by atoms with Crippen LogP contribution in [0.2, 0.25) is 0 Å². The molecular formula is C17H26N4O4. The summed E-state index contributed by atoms with van der Waals surface area (Å²) >= 11 is 0. The molecule has 0 aromatic heterocycles. The number of carboxylic acid groups (broad SMARTS) is 1. The molecule has 1 aliphatic rings. The number of rotatable bonds is 12. The number of carbonyl (C=O) groups is 3. The molecule has 0 aromatic carbocycles. The lowest BCUT2D eigenvalue weighted by Gasteiger charge is -2.14. The third-order valence-electron chi connectivity index (χ3n) is 3.88. The third kappa shape index (κ3) is 8.74. The topological polar surface area (TPSA) is 123 Å². The van der Waals surface area contributed by atoms with Gasteiger partial charge in [-0.1, -0.05) is 6.42 Å². The highest BCUT2D eigenvalue weighted by Gasteiger charge is 2.18. The minimum Gasteiger partial charge on any atom is -0.481 e. The van der Waals surface area contributed by atoms with Crippen LogP contribution >= 0.6 is 0 Å². The van der Waals surface area contributed by atoms with Gasteiger partial charge in [-0.15, -0.1) is 0 Å². The molecule has 0 radical (unpaired) electrons. The van der Waals surface area contributed by atoms with E-state index in [-0.39, 0.29) is 17.9 Å². The van der Waals surface area contributed by atoms with E-state index in [2.05, 4.69) is 10.6 Å². The Hall–Kier alpha value is -2.56. The largest absolute Gasteiger partial charge is 0.481 e. The molecule has 8 heteroatoms. The van der Waals surface area contributed by atoms with Crippen LogP contribution in [0.1, 0.15) is 44.9 Å². The summed E-state index contributed by atoms with van der Waals surface area (Å²) in [6, 6.07) is 1.85. The van der Waals surface area contributed by atoms with Crippen molar-refractivity contribution in [3.8, 4) is 6.07 Å². The quantitative estimate of drug-likeness (QED) is 0.271. The fourth-order valence-electron chi connectivity index (χ4n) is 2.51. The van der Waals surface area contributed by atoms with Gasteiger partial charge in [0.15, 0.2) is 0 Å².